The van der Waals surface area contributed by atoms with Gasteiger partial charge in [-0.2, -0.15) is 0 Å². The van der Waals surface area contributed by atoms with E-state index in [1.807, 2.05) is 38.1 Å². The van der Waals surface area contributed by atoms with E-state index in [0.29, 0.717) is 34.8 Å². The highest BCUT2D eigenvalue weighted by Crippen LogP contribution is 2.29. The van der Waals surface area contributed by atoms with Crippen molar-refractivity contribution in [3.63, 3.8) is 0 Å². The number of fused-ring (bicyclic) bond motifs is 1. The summed E-state index contributed by atoms with van der Waals surface area (Å²) in [7, 11) is 3.03. The lowest BCUT2D eigenvalue weighted by Gasteiger charge is -2.19. The summed E-state index contributed by atoms with van der Waals surface area (Å²) >= 11 is 0. The molecular weight excluding hydrogens is 382 g/mol. The molecule has 7 heteroatoms. The third-order valence-corrected chi connectivity index (χ3v) is 4.89. The highest BCUT2D eigenvalue weighted by Gasteiger charge is 2.14. The number of aryl methyl sites for hydroxylation is 1. The minimum absolute atomic E-state index is 0.157. The summed E-state index contributed by atoms with van der Waals surface area (Å²) in [5, 5.41) is 0.394. The standard InChI is InChI=1S/C23H25N3O4/c1-5-26(22(27)11-10-16-9-7-6-8-15(16)2)14-21-24-18-13-20(30-4)19(29-3)12-17(18)23(28)25-21/h6-13H,5,14H2,1-4H3,(H,24,25,28)/b11-10+. The summed E-state index contributed by atoms with van der Waals surface area (Å²) in [4.78, 5) is 34.1. The van der Waals surface area contributed by atoms with Crippen molar-refractivity contribution in [3.8, 4) is 11.5 Å². The summed E-state index contributed by atoms with van der Waals surface area (Å²) in [6.45, 7) is 4.54. The molecule has 2 aromatic carbocycles. The first-order valence-electron chi connectivity index (χ1n) is 9.64. The van der Waals surface area contributed by atoms with Gasteiger partial charge in [-0.05, 0) is 37.1 Å². The van der Waals surface area contributed by atoms with Crippen molar-refractivity contribution in [3.05, 3.63) is 69.8 Å². The van der Waals surface area contributed by atoms with Gasteiger partial charge in [-0.25, -0.2) is 4.98 Å². The number of carbonyl (C=O) groups is 1. The Morgan fingerprint density at radius 1 is 1.17 bits per heavy atom. The van der Waals surface area contributed by atoms with Crippen LogP contribution in [-0.2, 0) is 11.3 Å². The molecule has 0 fully saturated rings. The number of nitrogens with one attached hydrogen (secondary N) is 1. The highest BCUT2D eigenvalue weighted by atomic mass is 16.5. The lowest BCUT2D eigenvalue weighted by molar-refractivity contribution is -0.126. The van der Waals surface area contributed by atoms with Crippen molar-refractivity contribution in [2.24, 2.45) is 0 Å². The summed E-state index contributed by atoms with van der Waals surface area (Å²) in [5.41, 5.74) is 2.26. The predicted octanol–water partition coefficient (Wildman–Crippen LogP) is 3.31. The second kappa shape index (κ2) is 9.26. The molecule has 3 rings (SSSR count). The fourth-order valence-electron chi connectivity index (χ4n) is 3.16. The maximum atomic E-state index is 12.7. The van der Waals surface area contributed by atoms with Gasteiger partial charge in [-0.3, -0.25) is 9.59 Å². The third-order valence-electron chi connectivity index (χ3n) is 4.89. The first-order chi connectivity index (χ1) is 14.5. The molecule has 0 unspecified atom stereocenters. The third kappa shape index (κ3) is 4.51. The van der Waals surface area contributed by atoms with Gasteiger partial charge in [0.1, 0.15) is 5.82 Å². The molecule has 0 bridgehead atoms. The number of methoxy groups -OCH3 is 2. The first-order valence-corrected chi connectivity index (χ1v) is 9.64. The molecule has 0 aliphatic heterocycles. The normalized spacial score (nSPS) is 11.1. The Morgan fingerprint density at radius 3 is 2.53 bits per heavy atom. The van der Waals surface area contributed by atoms with E-state index >= 15 is 0 Å². The second-order valence-electron chi connectivity index (χ2n) is 6.78. The smallest absolute Gasteiger partial charge is 0.258 e. The van der Waals surface area contributed by atoms with E-state index in [1.165, 1.54) is 14.2 Å². The summed E-state index contributed by atoms with van der Waals surface area (Å²) in [5.74, 6) is 1.19. The van der Waals surface area contributed by atoms with Crippen LogP contribution < -0.4 is 15.0 Å². The number of carbonyl (C=O) groups excluding carboxylic acids is 1. The van der Waals surface area contributed by atoms with E-state index < -0.39 is 0 Å². The monoisotopic (exact) mass is 407 g/mol. The number of rotatable bonds is 7. The molecule has 0 saturated carbocycles. The van der Waals surface area contributed by atoms with Crippen LogP contribution in [0.1, 0.15) is 23.9 Å². The minimum Gasteiger partial charge on any atom is -0.493 e. The number of hydrogen-bond donors (Lipinski definition) is 1. The molecule has 0 radical (unpaired) electrons. The number of nitrogens with zero attached hydrogens (tertiary/aromatic N) is 2. The molecule has 1 N–H and O–H groups in total. The summed E-state index contributed by atoms with van der Waals surface area (Å²) < 4.78 is 10.5. The van der Waals surface area contributed by atoms with Crippen LogP contribution in [0.2, 0.25) is 0 Å². The average Bonchev–Trinajstić information content (AvgIpc) is 2.75. The van der Waals surface area contributed by atoms with E-state index in [0.717, 1.165) is 11.1 Å². The predicted molar refractivity (Wildman–Crippen MR) is 117 cm³/mol. The van der Waals surface area contributed by atoms with Crippen LogP contribution in [0.5, 0.6) is 11.5 Å². The van der Waals surface area contributed by atoms with Gasteiger partial charge in [-0.1, -0.05) is 24.3 Å². The number of hydrogen-bond acceptors (Lipinski definition) is 5. The molecule has 1 amide bonds. The van der Waals surface area contributed by atoms with Gasteiger partial charge >= 0.3 is 0 Å². The van der Waals surface area contributed by atoms with Gasteiger partial charge in [0.25, 0.3) is 5.56 Å². The molecule has 3 aromatic rings. The number of benzene rings is 2. The van der Waals surface area contributed by atoms with Gasteiger partial charge in [0.15, 0.2) is 11.5 Å². The van der Waals surface area contributed by atoms with E-state index in [2.05, 4.69) is 9.97 Å². The molecule has 0 atom stereocenters. The fraction of sp³-hybridized carbons (Fsp3) is 0.261. The van der Waals surface area contributed by atoms with Crippen molar-refractivity contribution < 1.29 is 14.3 Å². The van der Waals surface area contributed by atoms with E-state index in [1.54, 1.807) is 29.2 Å². The average molecular weight is 407 g/mol. The van der Waals surface area contributed by atoms with E-state index in [9.17, 15) is 9.59 Å². The number of aromatic nitrogens is 2. The SMILES string of the molecule is CCN(Cc1nc2cc(OC)c(OC)cc2c(=O)[nH]1)C(=O)/C=C/c1ccccc1C. The molecule has 0 aliphatic rings. The van der Waals surface area contributed by atoms with E-state index in [4.69, 9.17) is 9.47 Å². The molecule has 0 saturated heterocycles. The van der Waals surface area contributed by atoms with Crippen LogP contribution in [0.4, 0.5) is 0 Å². The van der Waals surface area contributed by atoms with Crippen molar-refractivity contribution in [2.75, 3.05) is 20.8 Å². The highest BCUT2D eigenvalue weighted by molar-refractivity contribution is 5.92. The number of H-pyrrole nitrogens is 1. The summed E-state index contributed by atoms with van der Waals surface area (Å²) in [6, 6.07) is 11.1. The Kier molecular flexibility index (Phi) is 6.51. The zero-order valence-electron chi connectivity index (χ0n) is 17.6. The minimum atomic E-state index is -0.296. The van der Waals surface area contributed by atoms with Gasteiger partial charge in [-0.15, -0.1) is 0 Å². The molecule has 30 heavy (non-hydrogen) atoms. The first kappa shape index (κ1) is 21.1. The molecule has 1 heterocycles. The lowest BCUT2D eigenvalue weighted by Crippen LogP contribution is -2.30. The zero-order valence-corrected chi connectivity index (χ0v) is 17.6. The number of aromatic amines is 1. The molecule has 7 nitrogen and oxygen atoms in total. The van der Waals surface area contributed by atoms with Crippen LogP contribution in [0.15, 0.2) is 47.3 Å². The molecule has 0 spiro atoms. The Balaban J connectivity index is 1.86. The molecule has 156 valence electrons. The van der Waals surface area contributed by atoms with Crippen molar-refractivity contribution >= 4 is 22.9 Å². The van der Waals surface area contributed by atoms with Crippen molar-refractivity contribution in [1.29, 1.82) is 0 Å². The quantitative estimate of drug-likeness (QED) is 0.608. The second-order valence-corrected chi connectivity index (χ2v) is 6.78. The zero-order chi connectivity index (χ0) is 21.7. The number of ether oxygens (including phenoxy) is 2. The van der Waals surface area contributed by atoms with Crippen LogP contribution in [0.3, 0.4) is 0 Å². The van der Waals surface area contributed by atoms with E-state index in [-0.39, 0.29) is 18.0 Å². The lowest BCUT2D eigenvalue weighted by atomic mass is 10.1. The van der Waals surface area contributed by atoms with Gasteiger partial charge in [0.2, 0.25) is 5.91 Å². The summed E-state index contributed by atoms with van der Waals surface area (Å²) in [6.07, 6.45) is 3.34. The molecular formula is C23H25N3O4. The maximum Gasteiger partial charge on any atom is 0.258 e. The molecule has 1 aromatic heterocycles. The topological polar surface area (TPSA) is 84.5 Å². The van der Waals surface area contributed by atoms with Crippen LogP contribution >= 0.6 is 0 Å². The molecule has 0 aliphatic carbocycles. The number of amides is 1. The van der Waals surface area contributed by atoms with Crippen molar-refractivity contribution in [2.45, 2.75) is 20.4 Å². The maximum absolute atomic E-state index is 12.7. The van der Waals surface area contributed by atoms with Crippen molar-refractivity contribution in [1.82, 2.24) is 14.9 Å². The number of likely N-dealkylation sites (N-methyl/N-ethyl adjacent to an activating group) is 1. The van der Waals surface area contributed by atoms with Gasteiger partial charge in [0.05, 0.1) is 31.7 Å². The Labute approximate surface area is 175 Å². The van der Waals surface area contributed by atoms with Crippen LogP contribution in [0.25, 0.3) is 17.0 Å². The Bertz CT molecular complexity index is 1150. The fourth-order valence-corrected chi connectivity index (χ4v) is 3.16. The Hall–Kier alpha value is -3.61. The van der Waals surface area contributed by atoms with Gasteiger partial charge in [0, 0.05) is 18.7 Å². The van der Waals surface area contributed by atoms with Gasteiger partial charge < -0.3 is 19.4 Å². The Morgan fingerprint density at radius 2 is 1.87 bits per heavy atom. The largest absolute Gasteiger partial charge is 0.493 e. The van der Waals surface area contributed by atoms with Crippen LogP contribution in [-0.4, -0.2) is 41.5 Å². The van der Waals surface area contributed by atoms with Crippen LogP contribution in [0, 0.1) is 6.92 Å².